The standard InChI is InChI=1S/C15H18N6/c1-11-12(2)18-19-15(14(11)9-16)20-7-3-5-13(10-20)21-8-4-6-17-21/h4,6,8,13H,3,5,7,10H2,1-2H3. The van der Waals surface area contributed by atoms with Crippen molar-refractivity contribution in [3.63, 3.8) is 0 Å². The fourth-order valence-electron chi connectivity index (χ4n) is 2.81. The van der Waals surface area contributed by atoms with Crippen molar-refractivity contribution in [1.82, 2.24) is 20.0 Å². The number of aryl methyl sites for hydroxylation is 1. The largest absolute Gasteiger partial charge is 0.352 e. The molecule has 6 nitrogen and oxygen atoms in total. The van der Waals surface area contributed by atoms with Gasteiger partial charge in [0.1, 0.15) is 11.6 Å². The molecular weight excluding hydrogens is 264 g/mol. The molecule has 2 aromatic rings. The Balaban J connectivity index is 1.91. The van der Waals surface area contributed by atoms with Crippen LogP contribution in [0.15, 0.2) is 18.5 Å². The van der Waals surface area contributed by atoms with E-state index in [0.717, 1.165) is 37.2 Å². The Morgan fingerprint density at radius 3 is 2.90 bits per heavy atom. The van der Waals surface area contributed by atoms with Gasteiger partial charge in [0.05, 0.1) is 11.7 Å². The molecule has 0 radical (unpaired) electrons. The highest BCUT2D eigenvalue weighted by atomic mass is 15.3. The Morgan fingerprint density at radius 1 is 1.33 bits per heavy atom. The van der Waals surface area contributed by atoms with Gasteiger partial charge in [-0.2, -0.15) is 15.5 Å². The first-order valence-electron chi connectivity index (χ1n) is 7.18. The van der Waals surface area contributed by atoms with Gasteiger partial charge in [-0.05, 0) is 38.3 Å². The van der Waals surface area contributed by atoms with Crippen molar-refractivity contribution in [3.8, 4) is 6.07 Å². The summed E-state index contributed by atoms with van der Waals surface area (Å²) >= 11 is 0. The summed E-state index contributed by atoms with van der Waals surface area (Å²) in [6.07, 6.45) is 5.95. The highest BCUT2D eigenvalue weighted by Gasteiger charge is 2.25. The second kappa shape index (κ2) is 5.52. The van der Waals surface area contributed by atoms with Crippen LogP contribution < -0.4 is 4.90 Å². The van der Waals surface area contributed by atoms with Gasteiger partial charge in [0, 0.05) is 25.5 Å². The zero-order chi connectivity index (χ0) is 14.8. The van der Waals surface area contributed by atoms with Crippen LogP contribution in [0.25, 0.3) is 0 Å². The van der Waals surface area contributed by atoms with Crippen molar-refractivity contribution in [1.29, 1.82) is 5.26 Å². The molecule has 3 rings (SSSR count). The van der Waals surface area contributed by atoms with Crippen LogP contribution in [0.2, 0.25) is 0 Å². The van der Waals surface area contributed by atoms with Crippen molar-refractivity contribution in [2.24, 2.45) is 0 Å². The van der Waals surface area contributed by atoms with Gasteiger partial charge in [-0.25, -0.2) is 0 Å². The molecular formula is C15H18N6. The fourth-order valence-corrected chi connectivity index (χ4v) is 2.81. The molecule has 1 saturated heterocycles. The second-order valence-corrected chi connectivity index (χ2v) is 5.45. The Morgan fingerprint density at radius 2 is 2.19 bits per heavy atom. The number of hydrogen-bond acceptors (Lipinski definition) is 5. The molecule has 1 aliphatic rings. The molecule has 1 aliphatic heterocycles. The average molecular weight is 282 g/mol. The maximum absolute atomic E-state index is 9.44. The first kappa shape index (κ1) is 13.6. The zero-order valence-electron chi connectivity index (χ0n) is 12.3. The Labute approximate surface area is 124 Å². The minimum Gasteiger partial charge on any atom is -0.352 e. The molecule has 0 aromatic carbocycles. The van der Waals surface area contributed by atoms with E-state index >= 15 is 0 Å². The summed E-state index contributed by atoms with van der Waals surface area (Å²) in [5, 5.41) is 22.2. The third-order valence-electron chi connectivity index (χ3n) is 4.14. The van der Waals surface area contributed by atoms with E-state index in [0.29, 0.717) is 17.4 Å². The quantitative estimate of drug-likeness (QED) is 0.842. The maximum Gasteiger partial charge on any atom is 0.169 e. The van der Waals surface area contributed by atoms with Crippen LogP contribution in [0.5, 0.6) is 0 Å². The molecule has 1 unspecified atom stereocenters. The topological polar surface area (TPSA) is 70.6 Å². The summed E-state index contributed by atoms with van der Waals surface area (Å²) < 4.78 is 1.99. The molecule has 0 aliphatic carbocycles. The van der Waals surface area contributed by atoms with E-state index in [-0.39, 0.29) is 0 Å². The Hall–Kier alpha value is -2.42. The predicted molar refractivity (Wildman–Crippen MR) is 78.9 cm³/mol. The molecule has 21 heavy (non-hydrogen) atoms. The molecule has 0 N–H and O–H groups in total. The lowest BCUT2D eigenvalue weighted by Crippen LogP contribution is -2.38. The molecule has 2 aromatic heterocycles. The first-order chi connectivity index (χ1) is 10.2. The lowest BCUT2D eigenvalue weighted by molar-refractivity contribution is 0.374. The van der Waals surface area contributed by atoms with Gasteiger partial charge in [0.15, 0.2) is 5.82 Å². The molecule has 1 fully saturated rings. The second-order valence-electron chi connectivity index (χ2n) is 5.45. The highest BCUT2D eigenvalue weighted by molar-refractivity contribution is 5.57. The van der Waals surface area contributed by atoms with Crippen LogP contribution >= 0.6 is 0 Å². The summed E-state index contributed by atoms with van der Waals surface area (Å²) in [5.41, 5.74) is 2.38. The third kappa shape index (κ3) is 2.47. The number of rotatable bonds is 2. The van der Waals surface area contributed by atoms with E-state index in [1.165, 1.54) is 0 Å². The molecule has 6 heteroatoms. The molecule has 108 valence electrons. The van der Waals surface area contributed by atoms with Gasteiger partial charge in [-0.1, -0.05) is 0 Å². The van der Waals surface area contributed by atoms with E-state index in [1.807, 2.05) is 30.8 Å². The molecule has 0 spiro atoms. The van der Waals surface area contributed by atoms with Crippen molar-refractivity contribution < 1.29 is 0 Å². The zero-order valence-corrected chi connectivity index (χ0v) is 12.3. The van der Waals surface area contributed by atoms with Crippen molar-refractivity contribution >= 4 is 5.82 Å². The van der Waals surface area contributed by atoms with E-state index in [4.69, 9.17) is 0 Å². The normalized spacial score (nSPS) is 18.5. The number of hydrogen-bond donors (Lipinski definition) is 0. The average Bonchev–Trinajstić information content (AvgIpc) is 3.04. The highest BCUT2D eigenvalue weighted by Crippen LogP contribution is 2.28. The van der Waals surface area contributed by atoms with Gasteiger partial charge in [-0.15, -0.1) is 5.10 Å². The van der Waals surface area contributed by atoms with Gasteiger partial charge in [0.2, 0.25) is 0 Å². The molecule has 0 amide bonds. The van der Waals surface area contributed by atoms with Crippen LogP contribution in [0.4, 0.5) is 5.82 Å². The van der Waals surface area contributed by atoms with Gasteiger partial charge in [-0.3, -0.25) is 4.68 Å². The number of nitriles is 1. The van der Waals surface area contributed by atoms with Crippen LogP contribution in [0, 0.1) is 25.2 Å². The molecule has 3 heterocycles. The summed E-state index contributed by atoms with van der Waals surface area (Å²) in [6, 6.07) is 4.55. The van der Waals surface area contributed by atoms with E-state index in [9.17, 15) is 5.26 Å². The summed E-state index contributed by atoms with van der Waals surface area (Å²) in [6.45, 7) is 5.54. The Kier molecular flexibility index (Phi) is 3.57. The summed E-state index contributed by atoms with van der Waals surface area (Å²) in [4.78, 5) is 2.16. The van der Waals surface area contributed by atoms with Crippen molar-refractivity contribution in [2.75, 3.05) is 18.0 Å². The van der Waals surface area contributed by atoms with Crippen molar-refractivity contribution in [3.05, 3.63) is 35.3 Å². The first-order valence-corrected chi connectivity index (χ1v) is 7.18. The summed E-state index contributed by atoms with van der Waals surface area (Å²) in [7, 11) is 0. The smallest absolute Gasteiger partial charge is 0.169 e. The monoisotopic (exact) mass is 282 g/mol. The minimum atomic E-state index is 0.323. The number of piperidine rings is 1. The predicted octanol–water partition coefficient (Wildman–Crippen LogP) is 2.00. The van der Waals surface area contributed by atoms with E-state index in [2.05, 4.69) is 26.3 Å². The molecule has 0 bridgehead atoms. The maximum atomic E-state index is 9.44. The van der Waals surface area contributed by atoms with Gasteiger partial charge >= 0.3 is 0 Å². The lowest BCUT2D eigenvalue weighted by atomic mass is 10.0. The minimum absolute atomic E-state index is 0.323. The van der Waals surface area contributed by atoms with Gasteiger partial charge < -0.3 is 4.90 Å². The molecule has 0 saturated carbocycles. The molecule has 1 atom stereocenters. The van der Waals surface area contributed by atoms with E-state index in [1.54, 1.807) is 6.20 Å². The number of anilines is 1. The van der Waals surface area contributed by atoms with Crippen LogP contribution in [0.1, 0.15) is 35.7 Å². The van der Waals surface area contributed by atoms with Crippen LogP contribution in [-0.2, 0) is 0 Å². The van der Waals surface area contributed by atoms with Crippen LogP contribution in [-0.4, -0.2) is 33.1 Å². The summed E-state index contributed by atoms with van der Waals surface area (Å²) in [5.74, 6) is 0.706. The lowest BCUT2D eigenvalue weighted by Gasteiger charge is -2.34. The third-order valence-corrected chi connectivity index (χ3v) is 4.14. The van der Waals surface area contributed by atoms with Crippen molar-refractivity contribution in [2.45, 2.75) is 32.7 Å². The van der Waals surface area contributed by atoms with E-state index < -0.39 is 0 Å². The van der Waals surface area contributed by atoms with Gasteiger partial charge in [0.25, 0.3) is 0 Å². The Bertz CT molecular complexity index is 670. The SMILES string of the molecule is Cc1nnc(N2CCCC(n3cccn3)C2)c(C#N)c1C. The number of nitrogens with zero attached hydrogens (tertiary/aromatic N) is 6. The number of aromatic nitrogens is 4. The fraction of sp³-hybridized carbons (Fsp3) is 0.467. The van der Waals surface area contributed by atoms with Crippen LogP contribution in [0.3, 0.4) is 0 Å².